The Morgan fingerprint density at radius 2 is 2.00 bits per heavy atom. The van der Waals surface area contributed by atoms with E-state index in [-0.39, 0.29) is 6.61 Å². The van der Waals surface area contributed by atoms with Gasteiger partial charge in [-0.1, -0.05) is 38.7 Å². The molecule has 2 atom stereocenters. The van der Waals surface area contributed by atoms with Gasteiger partial charge in [-0.3, -0.25) is 4.48 Å². The third kappa shape index (κ3) is 5.00. The predicted octanol–water partition coefficient (Wildman–Crippen LogP) is 3.13. The standard InChI is InChI=1S/C16H31N2O/c1-3-5-6-7-8-9-10-11-16-17-12-13-18(16,4-2)14-15-19/h10-13,16-17,19H,3-9,14-15H2,1-2H3/q+1/b11-10+. The molecule has 0 aromatic rings. The molecule has 2 N–H and O–H groups in total. The highest BCUT2D eigenvalue weighted by Gasteiger charge is 2.34. The number of nitrogens with one attached hydrogen (secondary N) is 1. The Kier molecular flexibility index (Phi) is 7.84. The number of aliphatic hydroxyl groups is 1. The van der Waals surface area contributed by atoms with Gasteiger partial charge in [-0.2, -0.15) is 0 Å². The van der Waals surface area contributed by atoms with Gasteiger partial charge in [0.25, 0.3) is 0 Å². The minimum Gasteiger partial charge on any atom is -0.390 e. The van der Waals surface area contributed by atoms with Crippen LogP contribution in [0.1, 0.15) is 52.4 Å². The van der Waals surface area contributed by atoms with Gasteiger partial charge in [0.05, 0.1) is 19.4 Å². The first-order valence-electron chi connectivity index (χ1n) is 7.86. The van der Waals surface area contributed by atoms with Crippen molar-refractivity contribution in [3.63, 3.8) is 0 Å². The molecule has 3 heteroatoms. The topological polar surface area (TPSA) is 32.3 Å². The molecule has 0 bridgehead atoms. The summed E-state index contributed by atoms with van der Waals surface area (Å²) in [6.07, 6.45) is 16.9. The average molecular weight is 267 g/mol. The van der Waals surface area contributed by atoms with Crippen LogP contribution in [-0.2, 0) is 0 Å². The van der Waals surface area contributed by atoms with Crippen molar-refractivity contribution >= 4 is 0 Å². The number of hydrogen-bond donors (Lipinski definition) is 2. The molecular weight excluding hydrogens is 236 g/mol. The average Bonchev–Trinajstić information content (AvgIpc) is 2.82. The Balaban J connectivity index is 2.31. The van der Waals surface area contributed by atoms with Crippen LogP contribution in [0.4, 0.5) is 0 Å². The van der Waals surface area contributed by atoms with E-state index in [1.807, 2.05) is 6.20 Å². The van der Waals surface area contributed by atoms with Crippen molar-refractivity contribution in [2.45, 2.75) is 58.5 Å². The van der Waals surface area contributed by atoms with Crippen LogP contribution in [-0.4, -0.2) is 35.5 Å². The van der Waals surface area contributed by atoms with Gasteiger partial charge in [-0.25, -0.2) is 0 Å². The number of aliphatic hydroxyl groups excluding tert-OH is 1. The predicted molar refractivity (Wildman–Crippen MR) is 81.3 cm³/mol. The molecule has 0 amide bonds. The van der Waals surface area contributed by atoms with Gasteiger partial charge in [-0.15, -0.1) is 0 Å². The third-order valence-corrected chi connectivity index (χ3v) is 4.09. The molecule has 3 nitrogen and oxygen atoms in total. The van der Waals surface area contributed by atoms with Crippen molar-refractivity contribution in [2.75, 3.05) is 19.7 Å². The second kappa shape index (κ2) is 9.16. The molecule has 2 unspecified atom stereocenters. The molecule has 0 aromatic carbocycles. The number of hydrogen-bond acceptors (Lipinski definition) is 2. The largest absolute Gasteiger partial charge is 0.390 e. The third-order valence-electron chi connectivity index (χ3n) is 4.09. The molecule has 0 saturated heterocycles. The molecule has 1 aliphatic heterocycles. The Morgan fingerprint density at radius 1 is 1.21 bits per heavy atom. The highest BCUT2D eigenvalue weighted by molar-refractivity contribution is 4.97. The molecule has 0 spiro atoms. The lowest BCUT2D eigenvalue weighted by atomic mass is 10.1. The van der Waals surface area contributed by atoms with Crippen LogP contribution < -0.4 is 5.32 Å². The minimum absolute atomic E-state index is 0.237. The number of rotatable bonds is 10. The second-order valence-corrected chi connectivity index (χ2v) is 5.42. The van der Waals surface area contributed by atoms with Crippen LogP contribution in [0.15, 0.2) is 24.6 Å². The highest BCUT2D eigenvalue weighted by atomic mass is 16.3. The van der Waals surface area contributed by atoms with E-state index in [1.54, 1.807) is 0 Å². The van der Waals surface area contributed by atoms with Gasteiger partial charge in [0.2, 0.25) is 0 Å². The van der Waals surface area contributed by atoms with E-state index >= 15 is 0 Å². The summed E-state index contributed by atoms with van der Waals surface area (Å²) in [5.74, 6) is 0. The lowest BCUT2D eigenvalue weighted by Crippen LogP contribution is -2.53. The number of likely N-dealkylation sites (N-methyl/N-ethyl adjacent to an activating group) is 1. The summed E-state index contributed by atoms with van der Waals surface area (Å²) >= 11 is 0. The number of allylic oxidation sites excluding steroid dienone is 1. The number of nitrogens with zero attached hydrogens (tertiary/aromatic N) is 1. The van der Waals surface area contributed by atoms with Gasteiger partial charge < -0.3 is 10.4 Å². The van der Waals surface area contributed by atoms with Crippen LogP contribution in [0.25, 0.3) is 0 Å². The van der Waals surface area contributed by atoms with E-state index in [0.29, 0.717) is 6.17 Å². The van der Waals surface area contributed by atoms with Gasteiger partial charge in [0, 0.05) is 0 Å². The van der Waals surface area contributed by atoms with E-state index < -0.39 is 0 Å². The first-order chi connectivity index (χ1) is 9.29. The lowest BCUT2D eigenvalue weighted by Gasteiger charge is -2.34. The fraction of sp³-hybridized carbons (Fsp3) is 0.750. The van der Waals surface area contributed by atoms with Crippen molar-refractivity contribution in [3.05, 3.63) is 24.6 Å². The number of unbranched alkanes of at least 4 members (excludes halogenated alkanes) is 5. The van der Waals surface area contributed by atoms with E-state index in [0.717, 1.165) is 17.6 Å². The molecule has 0 aromatic heterocycles. The van der Waals surface area contributed by atoms with E-state index in [4.69, 9.17) is 0 Å². The van der Waals surface area contributed by atoms with Crippen LogP contribution in [0.5, 0.6) is 0 Å². The molecule has 0 fully saturated rings. The maximum Gasteiger partial charge on any atom is 0.185 e. The molecule has 0 radical (unpaired) electrons. The maximum atomic E-state index is 9.23. The van der Waals surface area contributed by atoms with E-state index in [1.165, 1.54) is 38.5 Å². The van der Waals surface area contributed by atoms with Crippen molar-refractivity contribution < 1.29 is 9.59 Å². The SMILES string of the molecule is CCCCCCC/C=C/C1NC=C[N+]1(CC)CCO. The second-order valence-electron chi connectivity index (χ2n) is 5.42. The van der Waals surface area contributed by atoms with Gasteiger partial charge >= 0.3 is 0 Å². The summed E-state index contributed by atoms with van der Waals surface area (Å²) < 4.78 is 0.822. The maximum absolute atomic E-state index is 9.23. The fourth-order valence-corrected chi connectivity index (χ4v) is 2.71. The molecule has 0 saturated carbocycles. The van der Waals surface area contributed by atoms with Crippen LogP contribution in [0.3, 0.4) is 0 Å². The Morgan fingerprint density at radius 3 is 2.68 bits per heavy atom. The lowest BCUT2D eigenvalue weighted by molar-refractivity contribution is -0.892. The Bertz CT molecular complexity index is 288. The number of quaternary nitrogens is 1. The van der Waals surface area contributed by atoms with Gasteiger partial charge in [0.15, 0.2) is 6.17 Å². The van der Waals surface area contributed by atoms with Crippen LogP contribution in [0.2, 0.25) is 0 Å². The zero-order valence-electron chi connectivity index (χ0n) is 12.6. The van der Waals surface area contributed by atoms with E-state index in [9.17, 15) is 5.11 Å². The summed E-state index contributed by atoms with van der Waals surface area (Å²) in [5, 5.41) is 12.6. The molecular formula is C16H31N2O+. The van der Waals surface area contributed by atoms with E-state index in [2.05, 4.69) is 37.5 Å². The zero-order chi connectivity index (χ0) is 14.0. The smallest absolute Gasteiger partial charge is 0.185 e. The Labute approximate surface area is 118 Å². The summed E-state index contributed by atoms with van der Waals surface area (Å²) in [6, 6.07) is 0. The molecule has 19 heavy (non-hydrogen) atoms. The molecule has 0 aliphatic carbocycles. The molecule has 110 valence electrons. The van der Waals surface area contributed by atoms with Crippen molar-refractivity contribution in [1.82, 2.24) is 5.32 Å². The molecule has 1 rings (SSSR count). The quantitative estimate of drug-likeness (QED) is 0.362. The van der Waals surface area contributed by atoms with Crippen molar-refractivity contribution in [1.29, 1.82) is 0 Å². The molecule has 1 aliphatic rings. The summed E-state index contributed by atoms with van der Waals surface area (Å²) in [5.41, 5.74) is 0. The zero-order valence-corrected chi connectivity index (χ0v) is 12.6. The first-order valence-corrected chi connectivity index (χ1v) is 7.86. The summed E-state index contributed by atoms with van der Waals surface area (Å²) in [7, 11) is 0. The summed E-state index contributed by atoms with van der Waals surface area (Å²) in [6.45, 7) is 6.46. The first kappa shape index (κ1) is 16.3. The Hall–Kier alpha value is -0.800. The van der Waals surface area contributed by atoms with Crippen molar-refractivity contribution in [2.24, 2.45) is 0 Å². The van der Waals surface area contributed by atoms with Crippen LogP contribution >= 0.6 is 0 Å². The molecule has 1 heterocycles. The summed E-state index contributed by atoms with van der Waals surface area (Å²) in [4.78, 5) is 0. The van der Waals surface area contributed by atoms with Crippen molar-refractivity contribution in [3.8, 4) is 0 Å². The van der Waals surface area contributed by atoms with Gasteiger partial charge in [0.1, 0.15) is 12.7 Å². The van der Waals surface area contributed by atoms with Gasteiger partial charge in [-0.05, 0) is 25.8 Å². The van der Waals surface area contributed by atoms with Crippen LogP contribution in [0, 0.1) is 0 Å². The normalized spacial score (nSPS) is 26.2. The monoisotopic (exact) mass is 267 g/mol. The highest BCUT2D eigenvalue weighted by Crippen LogP contribution is 2.19. The minimum atomic E-state index is 0.237. The fourth-order valence-electron chi connectivity index (χ4n) is 2.71.